The zero-order valence-corrected chi connectivity index (χ0v) is 14.4. The van der Waals surface area contributed by atoms with E-state index in [1.165, 1.54) is 32.1 Å². The first-order valence-electron chi connectivity index (χ1n) is 8.48. The Balaban J connectivity index is 1.74. The molecule has 0 unspecified atom stereocenters. The summed E-state index contributed by atoms with van der Waals surface area (Å²) in [5, 5.41) is 5.86. The summed E-state index contributed by atoms with van der Waals surface area (Å²) < 4.78 is 5.18. The third-order valence-electron chi connectivity index (χ3n) is 3.78. The normalized spacial score (nSPS) is 16.0. The molecule has 1 amide bonds. The molecule has 2 rings (SSSR count). The van der Waals surface area contributed by atoms with Crippen LogP contribution in [0.4, 0.5) is 10.7 Å². The van der Waals surface area contributed by atoms with E-state index >= 15 is 0 Å². The zero-order valence-electron chi connectivity index (χ0n) is 14.4. The van der Waals surface area contributed by atoms with Gasteiger partial charge in [0.1, 0.15) is 5.60 Å². The number of nitrogens with one attached hydrogen (secondary N) is 2. The number of anilines is 1. The van der Waals surface area contributed by atoms with Gasteiger partial charge in [0.15, 0.2) is 0 Å². The first-order valence-corrected chi connectivity index (χ1v) is 8.48. The molecule has 0 bridgehead atoms. The fourth-order valence-corrected chi connectivity index (χ4v) is 2.74. The van der Waals surface area contributed by atoms with Gasteiger partial charge in [-0.2, -0.15) is 0 Å². The van der Waals surface area contributed by atoms with Crippen LogP contribution in [0.5, 0.6) is 0 Å². The predicted molar refractivity (Wildman–Crippen MR) is 90.6 cm³/mol. The van der Waals surface area contributed by atoms with Crippen LogP contribution in [0.25, 0.3) is 0 Å². The molecule has 1 aromatic rings. The lowest BCUT2D eigenvalue weighted by Gasteiger charge is -2.21. The van der Waals surface area contributed by atoms with Crippen molar-refractivity contribution in [3.63, 3.8) is 0 Å². The van der Waals surface area contributed by atoms with E-state index in [1.54, 1.807) is 6.20 Å². The van der Waals surface area contributed by atoms with Gasteiger partial charge in [-0.15, -0.1) is 0 Å². The molecule has 23 heavy (non-hydrogen) atoms. The van der Waals surface area contributed by atoms with Crippen LogP contribution in [0.2, 0.25) is 0 Å². The van der Waals surface area contributed by atoms with Crippen molar-refractivity contribution in [2.75, 3.05) is 18.4 Å². The first kappa shape index (κ1) is 17.5. The van der Waals surface area contributed by atoms with Crippen molar-refractivity contribution < 1.29 is 9.53 Å². The Labute approximate surface area is 138 Å². The van der Waals surface area contributed by atoms with Crippen LogP contribution in [0.3, 0.4) is 0 Å². The van der Waals surface area contributed by atoms with Crippen LogP contribution in [-0.4, -0.2) is 34.8 Å². The van der Waals surface area contributed by atoms with E-state index in [1.807, 2.05) is 26.8 Å². The van der Waals surface area contributed by atoms with Crippen LogP contribution in [0.15, 0.2) is 12.3 Å². The van der Waals surface area contributed by atoms with E-state index in [0.29, 0.717) is 25.0 Å². The van der Waals surface area contributed by atoms with E-state index in [9.17, 15) is 4.79 Å². The molecule has 2 N–H and O–H groups in total. The van der Waals surface area contributed by atoms with E-state index in [0.717, 1.165) is 5.69 Å². The lowest BCUT2D eigenvalue weighted by molar-refractivity contribution is 0.0530. The van der Waals surface area contributed by atoms with Gasteiger partial charge in [0.2, 0.25) is 5.95 Å². The second-order valence-electron chi connectivity index (χ2n) is 7.00. The van der Waals surface area contributed by atoms with Crippen LogP contribution in [0, 0.1) is 0 Å². The molecule has 1 fully saturated rings. The van der Waals surface area contributed by atoms with Crippen LogP contribution in [0.1, 0.15) is 64.5 Å². The summed E-state index contributed by atoms with van der Waals surface area (Å²) in [7, 11) is 0. The van der Waals surface area contributed by atoms with Crippen molar-refractivity contribution in [2.24, 2.45) is 0 Å². The minimum Gasteiger partial charge on any atom is -0.444 e. The summed E-state index contributed by atoms with van der Waals surface area (Å²) in [6.45, 7) is 6.56. The largest absolute Gasteiger partial charge is 0.444 e. The van der Waals surface area contributed by atoms with Crippen LogP contribution in [-0.2, 0) is 4.74 Å². The van der Waals surface area contributed by atoms with Gasteiger partial charge >= 0.3 is 6.09 Å². The quantitative estimate of drug-likeness (QED) is 0.813. The minimum atomic E-state index is -0.477. The summed E-state index contributed by atoms with van der Waals surface area (Å²) in [4.78, 5) is 20.4. The molecule has 1 aliphatic carbocycles. The molecule has 128 valence electrons. The van der Waals surface area contributed by atoms with Gasteiger partial charge in [0.05, 0.1) is 0 Å². The Bertz CT molecular complexity index is 508. The monoisotopic (exact) mass is 320 g/mol. The average molecular weight is 320 g/mol. The van der Waals surface area contributed by atoms with Crippen molar-refractivity contribution in [3.05, 3.63) is 18.0 Å². The number of ether oxygens (including phenoxy) is 1. The topological polar surface area (TPSA) is 76.1 Å². The minimum absolute atomic E-state index is 0.406. The third-order valence-corrected chi connectivity index (χ3v) is 3.78. The lowest BCUT2D eigenvalue weighted by Crippen LogP contribution is -2.35. The molecular weight excluding hydrogens is 292 g/mol. The van der Waals surface area contributed by atoms with E-state index in [2.05, 4.69) is 20.6 Å². The predicted octanol–water partition coefficient (Wildman–Crippen LogP) is 3.46. The summed E-state index contributed by atoms with van der Waals surface area (Å²) >= 11 is 0. The Kier molecular flexibility index (Phi) is 6.19. The summed E-state index contributed by atoms with van der Waals surface area (Å²) in [5.74, 6) is 1.19. The molecule has 0 radical (unpaired) electrons. The van der Waals surface area contributed by atoms with Gasteiger partial charge in [-0.05, 0) is 39.7 Å². The van der Waals surface area contributed by atoms with Crippen molar-refractivity contribution in [1.82, 2.24) is 15.3 Å². The fraction of sp³-hybridized carbons (Fsp3) is 0.706. The molecule has 0 saturated heterocycles. The molecule has 1 saturated carbocycles. The van der Waals surface area contributed by atoms with Gasteiger partial charge in [-0.1, -0.05) is 19.3 Å². The lowest BCUT2D eigenvalue weighted by atomic mass is 9.87. The second-order valence-corrected chi connectivity index (χ2v) is 7.00. The number of carbonyl (C=O) groups is 1. The third kappa shape index (κ3) is 6.42. The maximum absolute atomic E-state index is 11.5. The van der Waals surface area contributed by atoms with E-state index in [-0.39, 0.29) is 0 Å². The Hall–Kier alpha value is -1.85. The SMILES string of the molecule is CC(C)(C)OC(=O)NCCNc1nccc(C2CCCCC2)n1. The van der Waals surface area contributed by atoms with Gasteiger partial charge < -0.3 is 15.4 Å². The number of rotatable bonds is 5. The van der Waals surface area contributed by atoms with Crippen molar-refractivity contribution in [1.29, 1.82) is 0 Å². The highest BCUT2D eigenvalue weighted by Gasteiger charge is 2.17. The summed E-state index contributed by atoms with van der Waals surface area (Å²) in [6.07, 6.45) is 7.75. The number of hydrogen-bond donors (Lipinski definition) is 2. The zero-order chi connectivity index (χ0) is 16.7. The smallest absolute Gasteiger partial charge is 0.407 e. The van der Waals surface area contributed by atoms with Gasteiger partial charge in [-0.3, -0.25) is 0 Å². The molecule has 0 aromatic carbocycles. The molecule has 0 atom stereocenters. The highest BCUT2D eigenvalue weighted by Crippen LogP contribution is 2.31. The number of carbonyl (C=O) groups excluding carboxylic acids is 1. The highest BCUT2D eigenvalue weighted by molar-refractivity contribution is 5.67. The first-order chi connectivity index (χ1) is 10.9. The van der Waals surface area contributed by atoms with Gasteiger partial charge in [0.25, 0.3) is 0 Å². The fourth-order valence-electron chi connectivity index (χ4n) is 2.74. The number of nitrogens with zero attached hydrogens (tertiary/aromatic N) is 2. The number of hydrogen-bond acceptors (Lipinski definition) is 5. The highest BCUT2D eigenvalue weighted by atomic mass is 16.6. The van der Waals surface area contributed by atoms with Crippen LogP contribution >= 0.6 is 0 Å². The Morgan fingerprint density at radius 3 is 2.70 bits per heavy atom. The van der Waals surface area contributed by atoms with E-state index < -0.39 is 11.7 Å². The second kappa shape index (κ2) is 8.13. The molecule has 6 heteroatoms. The Morgan fingerprint density at radius 1 is 1.26 bits per heavy atom. The molecule has 1 aromatic heterocycles. The maximum atomic E-state index is 11.5. The molecule has 6 nitrogen and oxygen atoms in total. The molecule has 0 aliphatic heterocycles. The van der Waals surface area contributed by atoms with Crippen molar-refractivity contribution in [3.8, 4) is 0 Å². The Morgan fingerprint density at radius 2 is 2.00 bits per heavy atom. The standard InChI is InChI=1S/C17H28N4O2/c1-17(2,3)23-16(22)20-12-11-19-15-18-10-9-14(21-15)13-7-5-4-6-8-13/h9-10,13H,4-8,11-12H2,1-3H3,(H,20,22)(H,18,19,21). The summed E-state index contributed by atoms with van der Waals surface area (Å²) in [6, 6.07) is 2.01. The number of aromatic nitrogens is 2. The molecular formula is C17H28N4O2. The van der Waals surface area contributed by atoms with Gasteiger partial charge in [0, 0.05) is 30.9 Å². The number of alkyl carbamates (subject to hydrolysis) is 1. The van der Waals surface area contributed by atoms with E-state index in [4.69, 9.17) is 4.74 Å². The van der Waals surface area contributed by atoms with Gasteiger partial charge in [-0.25, -0.2) is 14.8 Å². The number of amides is 1. The van der Waals surface area contributed by atoms with Crippen molar-refractivity contribution in [2.45, 2.75) is 64.4 Å². The van der Waals surface area contributed by atoms with Crippen LogP contribution < -0.4 is 10.6 Å². The summed E-state index contributed by atoms with van der Waals surface area (Å²) in [5.41, 5.74) is 0.650. The molecule has 1 heterocycles. The maximum Gasteiger partial charge on any atom is 0.407 e. The average Bonchev–Trinajstić information content (AvgIpc) is 2.51. The molecule has 0 spiro atoms. The molecule has 1 aliphatic rings. The van der Waals surface area contributed by atoms with Crippen molar-refractivity contribution >= 4 is 12.0 Å².